The van der Waals surface area contributed by atoms with Crippen molar-refractivity contribution in [2.45, 2.75) is 52.7 Å². The molecule has 0 unspecified atom stereocenters. The molecule has 0 amide bonds. The third kappa shape index (κ3) is 2.94. The molecule has 0 spiro atoms. The van der Waals surface area contributed by atoms with Crippen LogP contribution in [-0.4, -0.2) is 32.3 Å². The van der Waals surface area contributed by atoms with E-state index in [1.54, 1.807) is 0 Å². The molecular weight excluding hydrogens is 268 g/mol. The molecule has 3 heterocycles. The number of likely N-dealkylation sites (tertiary alicyclic amines) is 1. The van der Waals surface area contributed by atoms with Crippen molar-refractivity contribution >= 4 is 11.3 Å². The molecule has 0 bridgehead atoms. The van der Waals surface area contributed by atoms with Gasteiger partial charge in [0.05, 0.1) is 17.2 Å². The van der Waals surface area contributed by atoms with Crippen LogP contribution < -0.4 is 0 Å². The standard InChI is InChI=1S/C15H22N4S/c1-11-7-12(2)19(17-11)9-14-5-4-6-18(14)10-15-8-16-13(3)20-15/h7-8,14H,4-6,9-10H2,1-3H3/t14-/m0/s1. The molecule has 1 aliphatic rings. The van der Waals surface area contributed by atoms with E-state index in [0.717, 1.165) is 23.8 Å². The fourth-order valence-electron chi connectivity index (χ4n) is 3.05. The molecule has 108 valence electrons. The Morgan fingerprint density at radius 2 is 2.20 bits per heavy atom. The molecular formula is C15H22N4S. The summed E-state index contributed by atoms with van der Waals surface area (Å²) in [6.07, 6.45) is 4.59. The zero-order chi connectivity index (χ0) is 14.1. The van der Waals surface area contributed by atoms with E-state index in [1.807, 2.05) is 17.5 Å². The minimum Gasteiger partial charge on any atom is -0.293 e. The summed E-state index contributed by atoms with van der Waals surface area (Å²) in [7, 11) is 0. The highest BCUT2D eigenvalue weighted by Crippen LogP contribution is 2.24. The SMILES string of the molecule is Cc1cc(C)n(C[C@@H]2CCCN2Cc2cnc(C)s2)n1. The zero-order valence-electron chi connectivity index (χ0n) is 12.5. The Morgan fingerprint density at radius 3 is 2.85 bits per heavy atom. The molecule has 1 aliphatic heterocycles. The number of aromatic nitrogens is 3. The van der Waals surface area contributed by atoms with Crippen molar-refractivity contribution in [3.8, 4) is 0 Å². The molecule has 20 heavy (non-hydrogen) atoms. The fourth-order valence-corrected chi connectivity index (χ4v) is 3.87. The maximum Gasteiger partial charge on any atom is 0.0897 e. The second kappa shape index (κ2) is 5.66. The van der Waals surface area contributed by atoms with Crippen LogP contribution in [0, 0.1) is 20.8 Å². The summed E-state index contributed by atoms with van der Waals surface area (Å²) in [5, 5.41) is 5.76. The lowest BCUT2D eigenvalue weighted by molar-refractivity contribution is 0.219. The van der Waals surface area contributed by atoms with Gasteiger partial charge in [0, 0.05) is 29.4 Å². The molecule has 3 rings (SSSR count). The first-order chi connectivity index (χ1) is 9.61. The van der Waals surface area contributed by atoms with E-state index in [4.69, 9.17) is 0 Å². The van der Waals surface area contributed by atoms with Crippen LogP contribution in [-0.2, 0) is 13.1 Å². The average molecular weight is 290 g/mol. The highest BCUT2D eigenvalue weighted by Gasteiger charge is 2.26. The van der Waals surface area contributed by atoms with Gasteiger partial charge in [-0.2, -0.15) is 5.10 Å². The summed E-state index contributed by atoms with van der Waals surface area (Å²) in [4.78, 5) is 8.32. The number of hydrogen-bond donors (Lipinski definition) is 0. The summed E-state index contributed by atoms with van der Waals surface area (Å²) in [6, 6.07) is 2.77. The number of aryl methyl sites for hydroxylation is 3. The van der Waals surface area contributed by atoms with E-state index in [9.17, 15) is 0 Å². The van der Waals surface area contributed by atoms with E-state index in [1.165, 1.54) is 30.0 Å². The van der Waals surface area contributed by atoms with Crippen LogP contribution in [0.15, 0.2) is 12.3 Å². The Morgan fingerprint density at radius 1 is 1.35 bits per heavy atom. The first-order valence-corrected chi connectivity index (χ1v) is 8.10. The summed E-state index contributed by atoms with van der Waals surface area (Å²) in [5.41, 5.74) is 2.38. The largest absolute Gasteiger partial charge is 0.293 e. The number of rotatable bonds is 4. The van der Waals surface area contributed by atoms with Crippen molar-refractivity contribution in [1.82, 2.24) is 19.7 Å². The Hall–Kier alpha value is -1.20. The van der Waals surface area contributed by atoms with Crippen molar-refractivity contribution in [1.29, 1.82) is 0 Å². The Balaban J connectivity index is 1.67. The van der Waals surface area contributed by atoms with E-state index in [2.05, 4.69) is 46.5 Å². The highest BCUT2D eigenvalue weighted by molar-refractivity contribution is 7.11. The molecule has 5 heteroatoms. The second-order valence-corrected chi connectivity index (χ2v) is 7.04. The molecule has 2 aromatic heterocycles. The summed E-state index contributed by atoms with van der Waals surface area (Å²) < 4.78 is 2.16. The van der Waals surface area contributed by atoms with Crippen molar-refractivity contribution < 1.29 is 0 Å². The van der Waals surface area contributed by atoms with Crippen LogP contribution in [0.4, 0.5) is 0 Å². The van der Waals surface area contributed by atoms with E-state index >= 15 is 0 Å². The quantitative estimate of drug-likeness (QED) is 0.868. The topological polar surface area (TPSA) is 34.0 Å². The lowest BCUT2D eigenvalue weighted by atomic mass is 10.2. The maximum absolute atomic E-state index is 4.60. The molecule has 2 aromatic rings. The van der Waals surface area contributed by atoms with Crippen molar-refractivity contribution in [3.05, 3.63) is 33.5 Å². The van der Waals surface area contributed by atoms with Crippen LogP contribution in [0.5, 0.6) is 0 Å². The van der Waals surface area contributed by atoms with Crippen LogP contribution >= 0.6 is 11.3 Å². The Kier molecular flexibility index (Phi) is 3.89. The Bertz CT molecular complexity index is 586. The van der Waals surface area contributed by atoms with Gasteiger partial charge in [-0.3, -0.25) is 9.58 Å². The minimum atomic E-state index is 0.607. The van der Waals surface area contributed by atoms with E-state index < -0.39 is 0 Å². The summed E-state index contributed by atoms with van der Waals surface area (Å²) in [6.45, 7) is 9.53. The van der Waals surface area contributed by atoms with Crippen LogP contribution in [0.2, 0.25) is 0 Å². The van der Waals surface area contributed by atoms with Crippen LogP contribution in [0.1, 0.15) is 34.1 Å². The normalized spacial score (nSPS) is 19.9. The number of hydrogen-bond acceptors (Lipinski definition) is 4. The molecule has 0 aliphatic carbocycles. The van der Waals surface area contributed by atoms with Crippen molar-refractivity contribution in [2.24, 2.45) is 0 Å². The van der Waals surface area contributed by atoms with Gasteiger partial charge in [-0.05, 0) is 46.2 Å². The van der Waals surface area contributed by atoms with Gasteiger partial charge in [0.1, 0.15) is 0 Å². The first kappa shape index (κ1) is 13.8. The summed E-state index contributed by atoms with van der Waals surface area (Å²) in [5.74, 6) is 0. The third-order valence-electron chi connectivity index (χ3n) is 4.01. The van der Waals surface area contributed by atoms with Crippen molar-refractivity contribution in [3.63, 3.8) is 0 Å². The molecule has 1 saturated heterocycles. The molecule has 4 nitrogen and oxygen atoms in total. The zero-order valence-corrected chi connectivity index (χ0v) is 13.3. The van der Waals surface area contributed by atoms with Gasteiger partial charge >= 0.3 is 0 Å². The minimum absolute atomic E-state index is 0.607. The predicted molar refractivity (Wildman–Crippen MR) is 82.0 cm³/mol. The van der Waals surface area contributed by atoms with Gasteiger partial charge < -0.3 is 0 Å². The lowest BCUT2D eigenvalue weighted by Gasteiger charge is -2.24. The van der Waals surface area contributed by atoms with Gasteiger partial charge in [-0.1, -0.05) is 0 Å². The predicted octanol–water partition coefficient (Wildman–Crippen LogP) is 2.93. The Labute approximate surface area is 124 Å². The van der Waals surface area contributed by atoms with Gasteiger partial charge in [0.15, 0.2) is 0 Å². The van der Waals surface area contributed by atoms with Crippen LogP contribution in [0.25, 0.3) is 0 Å². The fraction of sp³-hybridized carbons (Fsp3) is 0.600. The molecule has 1 fully saturated rings. The third-order valence-corrected chi connectivity index (χ3v) is 4.91. The smallest absolute Gasteiger partial charge is 0.0897 e. The monoisotopic (exact) mass is 290 g/mol. The molecule has 0 aromatic carbocycles. The molecule has 0 N–H and O–H groups in total. The maximum atomic E-state index is 4.60. The lowest BCUT2D eigenvalue weighted by Crippen LogP contribution is -2.32. The average Bonchev–Trinajstić information content (AvgIpc) is 3.05. The van der Waals surface area contributed by atoms with Crippen LogP contribution in [0.3, 0.4) is 0 Å². The number of nitrogens with zero attached hydrogens (tertiary/aromatic N) is 4. The van der Waals surface area contributed by atoms with Gasteiger partial charge in [0.2, 0.25) is 0 Å². The number of thiazole rings is 1. The first-order valence-electron chi connectivity index (χ1n) is 7.28. The molecule has 0 saturated carbocycles. The highest BCUT2D eigenvalue weighted by atomic mass is 32.1. The molecule has 1 atom stereocenters. The van der Waals surface area contributed by atoms with E-state index in [-0.39, 0.29) is 0 Å². The summed E-state index contributed by atoms with van der Waals surface area (Å²) >= 11 is 1.81. The van der Waals surface area contributed by atoms with Gasteiger partial charge in [0.25, 0.3) is 0 Å². The van der Waals surface area contributed by atoms with Crippen molar-refractivity contribution in [2.75, 3.05) is 6.54 Å². The second-order valence-electron chi connectivity index (χ2n) is 5.72. The van der Waals surface area contributed by atoms with Gasteiger partial charge in [-0.25, -0.2) is 4.98 Å². The van der Waals surface area contributed by atoms with E-state index in [0.29, 0.717) is 6.04 Å². The van der Waals surface area contributed by atoms with Gasteiger partial charge in [-0.15, -0.1) is 11.3 Å². The molecule has 0 radical (unpaired) electrons.